The number of fused-ring (bicyclic) bond motifs is 5. The lowest BCUT2D eigenvalue weighted by atomic mass is 9.65. The van der Waals surface area contributed by atoms with Crippen molar-refractivity contribution in [3.05, 3.63) is 170 Å². The number of phenols is 1. The number of halogens is 6. The van der Waals surface area contributed by atoms with E-state index >= 15 is 26.3 Å². The van der Waals surface area contributed by atoms with Crippen molar-refractivity contribution in [1.29, 1.82) is 0 Å². The zero-order chi connectivity index (χ0) is 46.8. The van der Waals surface area contributed by atoms with E-state index in [1.54, 1.807) is 71.0 Å². The molecule has 0 bridgehead atoms. The lowest BCUT2D eigenvalue weighted by Gasteiger charge is -2.38. The number of aromatic hydroxyl groups is 1. The summed E-state index contributed by atoms with van der Waals surface area (Å²) in [6.45, 7) is 13.6. The van der Waals surface area contributed by atoms with Crippen molar-refractivity contribution in [3.8, 4) is 22.6 Å². The Kier molecular flexibility index (Phi) is 10.2. The summed E-state index contributed by atoms with van der Waals surface area (Å²) in [6, 6.07) is 17.9. The number of hydrogen-bond donors (Lipinski definition) is 1. The summed E-state index contributed by atoms with van der Waals surface area (Å²) < 4.78 is 95.5. The number of alkyl halides is 6. The second kappa shape index (κ2) is 14.6. The molecule has 1 aliphatic carbocycles. The molecule has 0 saturated heterocycles. The van der Waals surface area contributed by atoms with Gasteiger partial charge in [0.15, 0.2) is 0 Å². The van der Waals surface area contributed by atoms with Crippen LogP contribution in [0.3, 0.4) is 0 Å². The molecule has 64 heavy (non-hydrogen) atoms. The Balaban J connectivity index is 1.49. The molecule has 0 amide bonds. The molecule has 1 aliphatic rings. The summed E-state index contributed by atoms with van der Waals surface area (Å²) in [6.07, 6.45) is -8.57. The van der Waals surface area contributed by atoms with Crippen molar-refractivity contribution in [1.82, 2.24) is 9.13 Å². The summed E-state index contributed by atoms with van der Waals surface area (Å²) in [7, 11) is 0. The maximum atomic E-state index is 15.8. The van der Waals surface area contributed by atoms with Crippen LogP contribution in [0.25, 0.3) is 38.4 Å². The van der Waals surface area contributed by atoms with Crippen LogP contribution in [0, 0.1) is 13.8 Å². The average Bonchev–Trinajstić information content (AvgIpc) is 3.78. The first kappa shape index (κ1) is 44.4. The summed E-state index contributed by atoms with van der Waals surface area (Å²) in [5, 5.41) is 10.0. The van der Waals surface area contributed by atoms with Gasteiger partial charge in [0.2, 0.25) is 0 Å². The molecule has 0 fully saturated rings. The van der Waals surface area contributed by atoms with Gasteiger partial charge in [0.25, 0.3) is 22.2 Å². The summed E-state index contributed by atoms with van der Waals surface area (Å²) >= 11 is 0. The fourth-order valence-electron chi connectivity index (χ4n) is 10.4. The Morgan fingerprint density at radius 3 is 1.56 bits per heavy atom. The predicted octanol–water partition coefficient (Wildman–Crippen LogP) is 11.2. The quantitative estimate of drug-likeness (QED) is 0.146. The third kappa shape index (κ3) is 6.09. The number of aryl methyl sites for hydroxylation is 2. The van der Waals surface area contributed by atoms with Crippen molar-refractivity contribution < 1.29 is 31.4 Å². The highest BCUT2D eigenvalue weighted by molar-refractivity contribution is 5.98. The average molecular weight is 881 g/mol. The fourth-order valence-corrected chi connectivity index (χ4v) is 10.4. The Morgan fingerprint density at radius 1 is 0.562 bits per heavy atom. The topological polar surface area (TPSA) is 98.4 Å². The molecule has 8 rings (SSSR count). The number of benzene rings is 5. The highest BCUT2D eigenvalue weighted by Crippen LogP contribution is 2.59. The molecule has 5 aromatic carbocycles. The zero-order valence-corrected chi connectivity index (χ0v) is 36.6. The molecule has 332 valence electrons. The Morgan fingerprint density at radius 2 is 1.05 bits per heavy atom. The predicted molar refractivity (Wildman–Crippen MR) is 237 cm³/mol. The minimum Gasteiger partial charge on any atom is -0.508 e. The van der Waals surface area contributed by atoms with Crippen LogP contribution in [0.2, 0.25) is 0 Å². The van der Waals surface area contributed by atoms with Gasteiger partial charge in [-0.15, -0.1) is 0 Å². The van der Waals surface area contributed by atoms with Gasteiger partial charge >= 0.3 is 12.4 Å². The van der Waals surface area contributed by atoms with Crippen LogP contribution in [-0.4, -0.2) is 14.2 Å². The second-order valence-corrected chi connectivity index (χ2v) is 17.7. The van der Waals surface area contributed by atoms with Crippen molar-refractivity contribution in [2.75, 3.05) is 0 Å². The highest BCUT2D eigenvalue weighted by atomic mass is 19.4. The molecule has 1 unspecified atom stereocenters. The normalized spacial score (nSPS) is 15.7. The van der Waals surface area contributed by atoms with Gasteiger partial charge in [-0.05, 0) is 138 Å². The molecule has 0 saturated carbocycles. The first-order chi connectivity index (χ1) is 29.9. The van der Waals surface area contributed by atoms with Gasteiger partial charge in [-0.25, -0.2) is 4.57 Å². The molecule has 0 spiro atoms. The summed E-state index contributed by atoms with van der Waals surface area (Å²) in [4.78, 5) is 56.1. The van der Waals surface area contributed by atoms with E-state index in [4.69, 9.17) is 0 Å². The smallest absolute Gasteiger partial charge is 0.418 e. The monoisotopic (exact) mass is 880 g/mol. The number of aromatic nitrogens is 2. The summed E-state index contributed by atoms with van der Waals surface area (Å²) in [5.41, 5.74) is -8.99. The SMILES string of the molecule is CCC(C)(CC)c1c(C)cc(C2(c3cc(C)c(-n4c(=O)c5cc6c(=O)n(C(C)(CC)CC)c(=O)c6cc5c4=O)c(C(F)(F)F)c3)c3ccccc3-c3ccc(O)cc32)cc1C(F)(F)F. The molecule has 13 heteroatoms. The minimum atomic E-state index is -5.26. The van der Waals surface area contributed by atoms with Crippen LogP contribution in [0.5, 0.6) is 5.75 Å². The van der Waals surface area contributed by atoms with E-state index < -0.39 is 67.8 Å². The molecule has 1 N–H and O–H groups in total. The van der Waals surface area contributed by atoms with E-state index in [9.17, 15) is 24.3 Å². The standard InChI is InChI=1S/C51H46F6N2O5/c1-9-47(7,10-2)41-26(5)19-28(21-39(41)50(52,53)54)49(37-16-14-13-15-31(37)32-18-17-30(60)23-38(32)49)29-20-27(6)42(40(22-29)51(55,56)57)58-43(61)33-24-35-36(25-34(33)44(58)62)46(64)59(45(35)63)48(8,11-3)12-4/h13-25,60H,9-12H2,1-8H3. The van der Waals surface area contributed by atoms with Gasteiger partial charge in [0.1, 0.15) is 5.75 Å². The molecule has 2 aromatic heterocycles. The number of rotatable bonds is 9. The first-order valence-corrected chi connectivity index (χ1v) is 21.3. The minimum absolute atomic E-state index is 0.00595. The maximum absolute atomic E-state index is 15.8. The molecular weight excluding hydrogens is 835 g/mol. The molecular formula is C51H46F6N2O5. The number of phenolic OH excluding ortho intramolecular Hbond substituents is 1. The fraction of sp³-hybridized carbons (Fsp3) is 0.333. The first-order valence-electron chi connectivity index (χ1n) is 21.3. The van der Waals surface area contributed by atoms with Crippen molar-refractivity contribution >= 4 is 21.5 Å². The van der Waals surface area contributed by atoms with E-state index in [-0.39, 0.29) is 60.7 Å². The third-order valence-electron chi connectivity index (χ3n) is 14.5. The second-order valence-electron chi connectivity index (χ2n) is 17.7. The maximum Gasteiger partial charge on any atom is 0.418 e. The molecule has 1 atom stereocenters. The summed E-state index contributed by atoms with van der Waals surface area (Å²) in [5.74, 6) is -0.277. The van der Waals surface area contributed by atoms with Crippen molar-refractivity contribution in [2.45, 2.75) is 110 Å². The van der Waals surface area contributed by atoms with Gasteiger partial charge < -0.3 is 5.11 Å². The Hall–Kier alpha value is -6.24. The zero-order valence-electron chi connectivity index (χ0n) is 36.6. The van der Waals surface area contributed by atoms with Gasteiger partial charge in [0, 0.05) is 5.54 Å². The van der Waals surface area contributed by atoms with Gasteiger partial charge in [-0.3, -0.25) is 23.7 Å². The lowest BCUT2D eigenvalue weighted by molar-refractivity contribution is -0.139. The van der Waals surface area contributed by atoms with Crippen molar-refractivity contribution in [3.63, 3.8) is 0 Å². The Bertz CT molecular complexity index is 3220. The third-order valence-corrected chi connectivity index (χ3v) is 14.5. The van der Waals surface area contributed by atoms with Gasteiger partial charge in [0.05, 0.1) is 43.8 Å². The molecule has 7 aromatic rings. The van der Waals surface area contributed by atoms with Crippen molar-refractivity contribution in [2.24, 2.45) is 0 Å². The van der Waals surface area contributed by atoms with E-state index in [2.05, 4.69) is 0 Å². The largest absolute Gasteiger partial charge is 0.508 e. The van der Waals surface area contributed by atoms with Gasteiger partial charge in [-0.1, -0.05) is 77.1 Å². The number of nitrogens with zero attached hydrogens (tertiary/aromatic N) is 2. The van der Waals surface area contributed by atoms with E-state index in [1.165, 1.54) is 25.1 Å². The van der Waals surface area contributed by atoms with Crippen LogP contribution in [0.15, 0.2) is 98.0 Å². The molecule has 2 heterocycles. The van der Waals surface area contributed by atoms with E-state index in [0.29, 0.717) is 46.9 Å². The lowest BCUT2D eigenvalue weighted by Crippen LogP contribution is -2.42. The number of hydrogen-bond acceptors (Lipinski definition) is 5. The van der Waals surface area contributed by atoms with E-state index in [1.807, 2.05) is 13.8 Å². The highest BCUT2D eigenvalue weighted by Gasteiger charge is 2.50. The van der Waals surface area contributed by atoms with Gasteiger partial charge in [-0.2, -0.15) is 26.3 Å². The van der Waals surface area contributed by atoms with Crippen LogP contribution in [0.1, 0.15) is 117 Å². The molecule has 0 radical (unpaired) electrons. The van der Waals surface area contributed by atoms with E-state index in [0.717, 1.165) is 28.8 Å². The Labute approximate surface area is 363 Å². The molecule has 0 aliphatic heterocycles. The van der Waals surface area contributed by atoms with Crippen LogP contribution >= 0.6 is 0 Å². The van der Waals surface area contributed by atoms with Crippen LogP contribution in [-0.2, 0) is 28.7 Å². The van der Waals surface area contributed by atoms with Crippen LogP contribution < -0.4 is 22.2 Å². The molecule has 7 nitrogen and oxygen atoms in total. The van der Waals surface area contributed by atoms with Crippen LogP contribution in [0.4, 0.5) is 26.3 Å².